The molecule has 212 valence electrons. The van der Waals surface area contributed by atoms with Gasteiger partial charge in [0.1, 0.15) is 17.9 Å². The topological polar surface area (TPSA) is 153 Å². The molecule has 0 atom stereocenters. The molecule has 0 spiro atoms. The molecule has 0 unspecified atom stereocenters. The summed E-state index contributed by atoms with van der Waals surface area (Å²) in [5.41, 5.74) is 2.55. The molecule has 11 nitrogen and oxygen atoms in total. The van der Waals surface area contributed by atoms with Crippen LogP contribution in [-0.2, 0) is 24.1 Å². The van der Waals surface area contributed by atoms with Gasteiger partial charge in [-0.15, -0.1) is 0 Å². The molecule has 2 aromatic heterocycles. The van der Waals surface area contributed by atoms with Crippen LogP contribution in [0.4, 0.5) is 22.4 Å². The van der Waals surface area contributed by atoms with Crippen molar-refractivity contribution in [1.82, 2.24) is 24.8 Å². The highest BCUT2D eigenvalue weighted by Crippen LogP contribution is 2.43. The maximum Gasteiger partial charge on any atom is 0.419 e. The summed E-state index contributed by atoms with van der Waals surface area (Å²) >= 11 is 0. The second-order valence-electron chi connectivity index (χ2n) is 9.11. The fourth-order valence-corrected chi connectivity index (χ4v) is 4.72. The Balaban J connectivity index is 1.61. The average Bonchev–Trinajstić information content (AvgIpc) is 3.49. The van der Waals surface area contributed by atoms with E-state index in [1.54, 1.807) is 0 Å². The molecule has 0 radical (unpaired) electrons. The molecule has 1 aliphatic heterocycles. The fourth-order valence-electron chi connectivity index (χ4n) is 4.72. The minimum absolute atomic E-state index is 0.00275. The monoisotopic (exact) mass is 572 g/mol. The quantitative estimate of drug-likeness (QED) is 0.296. The number of alkyl halides is 3. The molecule has 15 heteroatoms. The minimum atomic E-state index is -5.25. The first-order valence-corrected chi connectivity index (χ1v) is 11.9. The van der Waals surface area contributed by atoms with Gasteiger partial charge in [0, 0.05) is 37.3 Å². The van der Waals surface area contributed by atoms with E-state index in [2.05, 4.69) is 15.3 Å². The van der Waals surface area contributed by atoms with Gasteiger partial charge in [-0.05, 0) is 29.8 Å². The van der Waals surface area contributed by atoms with Gasteiger partial charge in [-0.2, -0.15) is 13.2 Å². The van der Waals surface area contributed by atoms with Gasteiger partial charge < -0.3 is 20.9 Å². The molecule has 41 heavy (non-hydrogen) atoms. The number of carbonyl (C=O) groups is 3. The molecule has 0 bridgehead atoms. The average molecular weight is 572 g/mol. The highest BCUT2D eigenvalue weighted by molar-refractivity contribution is 6.02. The maximum atomic E-state index is 14.9. The summed E-state index contributed by atoms with van der Waals surface area (Å²) in [4.78, 5) is 45.4. The van der Waals surface area contributed by atoms with Crippen molar-refractivity contribution in [1.29, 1.82) is 0 Å². The number of likely N-dealkylation sites (N-methyl/N-ethyl adjacent to an activating group) is 1. The summed E-state index contributed by atoms with van der Waals surface area (Å²) in [6.45, 7) is 0.762. The number of halogens is 4. The molecule has 1 aliphatic rings. The standard InChI is InChI=1S/C26H20F4N6O5/c1-32-20(37)10-35-7-17-18(9-35)33-11-34-24(17)41-12-2-5-19-15(6-12)16(8-36(19)25(39)40)13-3-4-14(23(31)38)22(27)21(13)26(28,29)30/h2-6,8,11H,7,9-10H2,1H3,(H2,31,38)(H,32,37)(H,39,40). The van der Waals surface area contributed by atoms with Gasteiger partial charge >= 0.3 is 12.3 Å². The van der Waals surface area contributed by atoms with E-state index in [-0.39, 0.29) is 40.5 Å². The largest absolute Gasteiger partial charge is 0.464 e. The Bertz CT molecular complexity index is 1740. The third-order valence-corrected chi connectivity index (χ3v) is 6.57. The van der Waals surface area contributed by atoms with E-state index < -0.39 is 40.7 Å². The van der Waals surface area contributed by atoms with Crippen LogP contribution in [0.5, 0.6) is 11.6 Å². The number of fused-ring (bicyclic) bond motifs is 2. The molecule has 0 saturated heterocycles. The number of rotatable bonds is 6. The lowest BCUT2D eigenvalue weighted by molar-refractivity contribution is -0.139. The van der Waals surface area contributed by atoms with Gasteiger partial charge in [0.2, 0.25) is 11.8 Å². The first kappa shape index (κ1) is 27.5. The Hall–Kier alpha value is -5.05. The Morgan fingerprint density at radius 2 is 1.88 bits per heavy atom. The van der Waals surface area contributed by atoms with E-state index >= 15 is 0 Å². The minimum Gasteiger partial charge on any atom is -0.464 e. The summed E-state index contributed by atoms with van der Waals surface area (Å²) in [7, 11) is 1.51. The van der Waals surface area contributed by atoms with Crippen molar-refractivity contribution >= 4 is 28.8 Å². The highest BCUT2D eigenvalue weighted by Gasteiger charge is 2.39. The number of hydrogen-bond acceptors (Lipinski definition) is 7. The van der Waals surface area contributed by atoms with E-state index in [0.717, 1.165) is 18.3 Å². The first-order valence-electron chi connectivity index (χ1n) is 11.9. The van der Waals surface area contributed by atoms with E-state index in [9.17, 15) is 37.1 Å². The Morgan fingerprint density at radius 3 is 2.54 bits per heavy atom. The van der Waals surface area contributed by atoms with Crippen LogP contribution >= 0.6 is 0 Å². The van der Waals surface area contributed by atoms with Crippen LogP contribution in [0.2, 0.25) is 0 Å². The normalized spacial score (nSPS) is 13.3. The maximum absolute atomic E-state index is 14.9. The lowest BCUT2D eigenvalue weighted by Gasteiger charge is -2.15. The molecule has 0 aliphatic carbocycles. The SMILES string of the molecule is CNC(=O)CN1Cc2ncnc(Oc3ccc4c(c3)c(-c3ccc(C(N)=O)c(F)c3C(F)(F)F)cn4C(=O)O)c2C1. The molecule has 2 amide bonds. The van der Waals surface area contributed by atoms with Crippen molar-refractivity contribution < 1.29 is 41.8 Å². The van der Waals surface area contributed by atoms with Crippen molar-refractivity contribution in [2.24, 2.45) is 5.73 Å². The number of carbonyl (C=O) groups excluding carboxylic acids is 2. The zero-order chi connectivity index (χ0) is 29.6. The van der Waals surface area contributed by atoms with Crippen LogP contribution in [0.3, 0.4) is 0 Å². The second-order valence-corrected chi connectivity index (χ2v) is 9.11. The van der Waals surface area contributed by atoms with E-state index in [1.807, 2.05) is 4.90 Å². The van der Waals surface area contributed by atoms with Crippen LogP contribution in [0, 0.1) is 5.82 Å². The number of carboxylic acid groups (broad SMARTS) is 1. The van der Waals surface area contributed by atoms with Crippen LogP contribution in [-0.4, -0.2) is 56.0 Å². The lowest BCUT2D eigenvalue weighted by atomic mass is 9.95. The molecular formula is C26H20F4N6O5. The van der Waals surface area contributed by atoms with Crippen molar-refractivity contribution in [3.8, 4) is 22.8 Å². The number of nitrogens with one attached hydrogen (secondary N) is 1. The number of amides is 2. The number of nitrogens with two attached hydrogens (primary N) is 1. The van der Waals surface area contributed by atoms with Crippen molar-refractivity contribution in [3.05, 3.63) is 71.1 Å². The summed E-state index contributed by atoms with van der Waals surface area (Å²) in [5, 5.41) is 12.2. The Morgan fingerprint density at radius 1 is 1.12 bits per heavy atom. The van der Waals surface area contributed by atoms with Crippen molar-refractivity contribution in [3.63, 3.8) is 0 Å². The molecule has 4 aromatic rings. The van der Waals surface area contributed by atoms with Crippen LogP contribution in [0.15, 0.2) is 42.9 Å². The number of nitrogens with zero attached hydrogens (tertiary/aromatic N) is 4. The number of aromatic nitrogens is 3. The molecule has 2 aromatic carbocycles. The smallest absolute Gasteiger partial charge is 0.419 e. The predicted molar refractivity (Wildman–Crippen MR) is 135 cm³/mol. The number of benzene rings is 2. The Labute approximate surface area is 228 Å². The van der Waals surface area contributed by atoms with Crippen LogP contribution in [0.25, 0.3) is 22.0 Å². The number of primary amides is 1. The Kier molecular flexibility index (Phi) is 6.82. The fraction of sp³-hybridized carbons (Fsp3) is 0.192. The van der Waals surface area contributed by atoms with E-state index in [0.29, 0.717) is 28.9 Å². The van der Waals surface area contributed by atoms with E-state index in [1.165, 1.54) is 31.6 Å². The van der Waals surface area contributed by atoms with Gasteiger partial charge in [0.25, 0.3) is 5.91 Å². The summed E-state index contributed by atoms with van der Waals surface area (Å²) in [5.74, 6) is -3.23. The van der Waals surface area contributed by atoms with Gasteiger partial charge in [-0.3, -0.25) is 19.1 Å². The molecule has 0 fully saturated rings. The molecular weight excluding hydrogens is 552 g/mol. The van der Waals surface area contributed by atoms with E-state index in [4.69, 9.17) is 10.5 Å². The highest BCUT2D eigenvalue weighted by atomic mass is 19.4. The third kappa shape index (κ3) is 5.02. The molecule has 3 heterocycles. The second kappa shape index (κ2) is 10.2. The number of ether oxygens (including phenoxy) is 1. The number of hydrogen-bond donors (Lipinski definition) is 3. The summed E-state index contributed by atoms with van der Waals surface area (Å²) in [6.07, 6.45) is -4.56. The van der Waals surface area contributed by atoms with Gasteiger partial charge in [0.15, 0.2) is 0 Å². The van der Waals surface area contributed by atoms with Gasteiger partial charge in [-0.25, -0.2) is 19.2 Å². The third-order valence-electron chi connectivity index (χ3n) is 6.57. The van der Waals surface area contributed by atoms with Crippen molar-refractivity contribution in [2.45, 2.75) is 19.3 Å². The van der Waals surface area contributed by atoms with Crippen LogP contribution < -0.4 is 15.8 Å². The molecule has 0 saturated carbocycles. The first-order chi connectivity index (χ1) is 19.4. The summed E-state index contributed by atoms with van der Waals surface area (Å²) in [6, 6.07) is 5.69. The molecule has 5 rings (SSSR count). The zero-order valence-electron chi connectivity index (χ0n) is 21.1. The lowest BCUT2D eigenvalue weighted by Crippen LogP contribution is -2.32. The zero-order valence-corrected chi connectivity index (χ0v) is 21.1. The van der Waals surface area contributed by atoms with Crippen molar-refractivity contribution in [2.75, 3.05) is 13.6 Å². The predicted octanol–water partition coefficient (Wildman–Crippen LogP) is 3.74. The van der Waals surface area contributed by atoms with Crippen LogP contribution in [0.1, 0.15) is 27.2 Å². The van der Waals surface area contributed by atoms with Gasteiger partial charge in [-0.1, -0.05) is 6.07 Å². The summed E-state index contributed by atoms with van der Waals surface area (Å²) < 4.78 is 63.7. The molecule has 4 N–H and O–H groups in total. The van der Waals surface area contributed by atoms with Gasteiger partial charge in [0.05, 0.1) is 34.4 Å².